The Bertz CT molecular complexity index is 532. The van der Waals surface area contributed by atoms with Gasteiger partial charge >= 0.3 is 11.4 Å². The van der Waals surface area contributed by atoms with Crippen LogP contribution in [-0.2, 0) is 9.47 Å². The zero-order chi connectivity index (χ0) is 13.3. The van der Waals surface area contributed by atoms with E-state index in [2.05, 4.69) is 0 Å². The van der Waals surface area contributed by atoms with Crippen LogP contribution in [-0.4, -0.2) is 33.2 Å². The molecule has 0 spiro atoms. The highest BCUT2D eigenvalue weighted by atomic mass is 16.7. The monoisotopic (exact) mass is 258 g/mol. The molecule has 18 heavy (non-hydrogen) atoms. The van der Waals surface area contributed by atoms with E-state index >= 15 is 0 Å². The zero-order valence-electron chi connectivity index (χ0n) is 9.11. The van der Waals surface area contributed by atoms with Crippen LogP contribution in [0.5, 0.6) is 5.75 Å². The number of rotatable bonds is 2. The van der Waals surface area contributed by atoms with E-state index < -0.39 is 28.3 Å². The first-order valence-corrected chi connectivity index (χ1v) is 5.08. The lowest BCUT2D eigenvalue weighted by Gasteiger charge is -2.22. The van der Waals surface area contributed by atoms with Crippen LogP contribution in [0.4, 0.5) is 5.82 Å². The van der Waals surface area contributed by atoms with Crippen LogP contribution >= 0.6 is 0 Å². The number of aromatic hydroxyl groups is 1. The largest absolute Gasteiger partial charge is 0.507 e. The van der Waals surface area contributed by atoms with E-state index in [1.54, 1.807) is 0 Å². The van der Waals surface area contributed by atoms with Gasteiger partial charge in [-0.3, -0.25) is 0 Å². The van der Waals surface area contributed by atoms with Gasteiger partial charge in [0, 0.05) is 4.73 Å². The SMILES string of the molecule is O=c1c(C2OCCCO2)c(O)cc([N+](=O)[O-])n1O. The predicted octanol–water partition coefficient (Wildman–Crippen LogP) is 0.135. The Labute approximate surface area is 99.9 Å². The van der Waals surface area contributed by atoms with Crippen molar-refractivity contribution in [2.24, 2.45) is 0 Å². The first-order valence-electron chi connectivity index (χ1n) is 5.08. The second-order valence-electron chi connectivity index (χ2n) is 3.60. The molecule has 1 aromatic rings. The highest BCUT2D eigenvalue weighted by Gasteiger charge is 2.30. The number of pyridine rings is 1. The van der Waals surface area contributed by atoms with Gasteiger partial charge in [0.05, 0.1) is 19.3 Å². The molecule has 0 bridgehead atoms. The molecular weight excluding hydrogens is 248 g/mol. The minimum atomic E-state index is -1.14. The van der Waals surface area contributed by atoms with Crippen LogP contribution in [0.3, 0.4) is 0 Å². The van der Waals surface area contributed by atoms with Crippen LogP contribution in [0.1, 0.15) is 18.3 Å². The molecule has 1 aromatic heterocycles. The van der Waals surface area contributed by atoms with Crippen LogP contribution in [0.2, 0.25) is 0 Å². The third-order valence-corrected chi connectivity index (χ3v) is 2.43. The van der Waals surface area contributed by atoms with Crippen molar-refractivity contribution in [2.75, 3.05) is 13.2 Å². The maximum Gasteiger partial charge on any atom is 0.385 e. The maximum atomic E-state index is 11.7. The Hall–Kier alpha value is -2.13. The van der Waals surface area contributed by atoms with Crippen molar-refractivity contribution < 1.29 is 24.7 Å². The summed E-state index contributed by atoms with van der Waals surface area (Å²) >= 11 is 0. The third kappa shape index (κ3) is 2.00. The minimum Gasteiger partial charge on any atom is -0.507 e. The fraction of sp³-hybridized carbons (Fsp3) is 0.444. The highest BCUT2D eigenvalue weighted by Crippen LogP contribution is 2.29. The van der Waals surface area contributed by atoms with E-state index in [1.165, 1.54) is 0 Å². The molecule has 0 aliphatic carbocycles. The Balaban J connectivity index is 2.52. The lowest BCUT2D eigenvalue weighted by molar-refractivity contribution is -0.397. The number of hydrogen-bond acceptors (Lipinski definition) is 7. The molecule has 1 saturated heterocycles. The summed E-state index contributed by atoms with van der Waals surface area (Å²) in [6.45, 7) is 0.651. The molecule has 0 unspecified atom stereocenters. The summed E-state index contributed by atoms with van der Waals surface area (Å²) in [7, 11) is 0. The maximum absolute atomic E-state index is 11.7. The number of nitro groups is 1. The quantitative estimate of drug-likeness (QED) is 0.439. The molecule has 1 aliphatic rings. The van der Waals surface area contributed by atoms with E-state index in [0.29, 0.717) is 25.7 Å². The van der Waals surface area contributed by atoms with Crippen molar-refractivity contribution in [3.8, 4) is 5.75 Å². The van der Waals surface area contributed by atoms with Gasteiger partial charge in [-0.1, -0.05) is 0 Å². The molecule has 2 N–H and O–H groups in total. The van der Waals surface area contributed by atoms with Gasteiger partial charge in [0.15, 0.2) is 6.29 Å². The summed E-state index contributed by atoms with van der Waals surface area (Å²) in [5, 5.41) is 29.5. The fourth-order valence-corrected chi connectivity index (χ4v) is 1.59. The van der Waals surface area contributed by atoms with Crippen molar-refractivity contribution in [1.29, 1.82) is 0 Å². The summed E-state index contributed by atoms with van der Waals surface area (Å²) in [6.07, 6.45) is -0.497. The van der Waals surface area contributed by atoms with E-state index in [1.807, 2.05) is 0 Å². The van der Waals surface area contributed by atoms with Gasteiger partial charge < -0.3 is 29.9 Å². The standard InChI is InChI=1S/C9H10N2O7/c12-5-4-6(11(15)16)10(14)8(13)7(5)9-17-2-1-3-18-9/h4,9,12,14H,1-3H2. The first kappa shape index (κ1) is 12.3. The van der Waals surface area contributed by atoms with Crippen LogP contribution < -0.4 is 5.56 Å². The van der Waals surface area contributed by atoms with Crippen molar-refractivity contribution >= 4 is 5.82 Å². The molecule has 9 nitrogen and oxygen atoms in total. The average molecular weight is 258 g/mol. The molecule has 9 heteroatoms. The van der Waals surface area contributed by atoms with E-state index in [-0.39, 0.29) is 10.3 Å². The van der Waals surface area contributed by atoms with Crippen LogP contribution in [0, 0.1) is 10.1 Å². The second kappa shape index (κ2) is 4.63. The molecule has 0 aromatic carbocycles. The fourth-order valence-electron chi connectivity index (χ4n) is 1.59. The van der Waals surface area contributed by atoms with E-state index in [9.17, 15) is 25.2 Å². The topological polar surface area (TPSA) is 124 Å². The summed E-state index contributed by atoms with van der Waals surface area (Å²) in [4.78, 5) is 21.2. The van der Waals surface area contributed by atoms with Crippen molar-refractivity contribution in [3.05, 3.63) is 32.1 Å². The Kier molecular flexibility index (Phi) is 3.17. The summed E-state index contributed by atoms with van der Waals surface area (Å²) in [5.41, 5.74) is -1.50. The third-order valence-electron chi connectivity index (χ3n) is 2.43. The second-order valence-corrected chi connectivity index (χ2v) is 3.60. The van der Waals surface area contributed by atoms with Crippen molar-refractivity contribution in [1.82, 2.24) is 4.73 Å². The molecule has 98 valence electrons. The van der Waals surface area contributed by atoms with Gasteiger partial charge in [0.2, 0.25) is 0 Å². The summed E-state index contributed by atoms with van der Waals surface area (Å²) in [5.74, 6) is -1.58. The normalized spacial score (nSPS) is 16.7. The highest BCUT2D eigenvalue weighted by molar-refractivity contribution is 5.38. The number of hydrogen-bond donors (Lipinski definition) is 2. The molecule has 0 atom stereocenters. The lowest BCUT2D eigenvalue weighted by atomic mass is 10.2. The molecule has 0 amide bonds. The predicted molar refractivity (Wildman–Crippen MR) is 55.5 cm³/mol. The molecule has 1 fully saturated rings. The Morgan fingerprint density at radius 2 is 2.06 bits per heavy atom. The van der Waals surface area contributed by atoms with Crippen molar-refractivity contribution in [3.63, 3.8) is 0 Å². The van der Waals surface area contributed by atoms with Crippen LogP contribution in [0.15, 0.2) is 10.9 Å². The molecule has 0 radical (unpaired) electrons. The van der Waals surface area contributed by atoms with Gasteiger partial charge in [-0.2, -0.15) is 0 Å². The number of nitrogens with zero attached hydrogens (tertiary/aromatic N) is 2. The zero-order valence-corrected chi connectivity index (χ0v) is 9.11. The van der Waals surface area contributed by atoms with Crippen molar-refractivity contribution in [2.45, 2.75) is 12.7 Å². The molecule has 0 saturated carbocycles. The van der Waals surface area contributed by atoms with Gasteiger partial charge in [0.1, 0.15) is 11.3 Å². The molecule has 2 rings (SSSR count). The number of ether oxygens (including phenoxy) is 2. The van der Waals surface area contributed by atoms with Gasteiger partial charge in [-0.05, 0) is 11.3 Å². The lowest BCUT2D eigenvalue weighted by Crippen LogP contribution is -2.29. The molecular formula is C9H10N2O7. The van der Waals surface area contributed by atoms with Gasteiger partial charge in [-0.15, -0.1) is 0 Å². The summed E-state index contributed by atoms with van der Waals surface area (Å²) < 4.78 is 10.1. The number of aromatic nitrogens is 1. The van der Waals surface area contributed by atoms with E-state index in [4.69, 9.17) is 9.47 Å². The van der Waals surface area contributed by atoms with Crippen LogP contribution in [0.25, 0.3) is 0 Å². The smallest absolute Gasteiger partial charge is 0.385 e. The Morgan fingerprint density at radius 3 is 2.61 bits per heavy atom. The van der Waals surface area contributed by atoms with E-state index in [0.717, 1.165) is 0 Å². The van der Waals surface area contributed by atoms with Gasteiger partial charge in [0.25, 0.3) is 0 Å². The molecule has 2 heterocycles. The minimum absolute atomic E-state index is 0.156. The van der Waals surface area contributed by atoms with Gasteiger partial charge in [-0.25, -0.2) is 4.79 Å². The average Bonchev–Trinajstić information content (AvgIpc) is 2.35. The molecule has 1 aliphatic heterocycles. The summed E-state index contributed by atoms with van der Waals surface area (Å²) in [6, 6.07) is 0.665. The first-order chi connectivity index (χ1) is 8.52. The Morgan fingerprint density at radius 1 is 1.44 bits per heavy atom.